The number of benzene rings is 1. The average molecular weight is 250 g/mol. The Morgan fingerprint density at radius 3 is 2.94 bits per heavy atom. The highest BCUT2D eigenvalue weighted by atomic mass is 16.5. The van der Waals surface area contributed by atoms with Crippen molar-refractivity contribution in [3.63, 3.8) is 0 Å². The molecule has 0 aliphatic carbocycles. The zero-order valence-corrected chi connectivity index (χ0v) is 10.4. The summed E-state index contributed by atoms with van der Waals surface area (Å²) in [7, 11) is 1.57. The van der Waals surface area contributed by atoms with Crippen LogP contribution in [0.1, 0.15) is 12.8 Å². The van der Waals surface area contributed by atoms with Gasteiger partial charge < -0.3 is 20.5 Å². The number of amides is 1. The molecular weight excluding hydrogens is 232 g/mol. The second-order valence-corrected chi connectivity index (χ2v) is 4.25. The fourth-order valence-corrected chi connectivity index (χ4v) is 2.03. The van der Waals surface area contributed by atoms with Crippen molar-refractivity contribution >= 4 is 11.6 Å². The molecular formula is C13H18N2O3. The van der Waals surface area contributed by atoms with E-state index in [2.05, 4.69) is 5.32 Å². The molecule has 0 bridgehead atoms. The monoisotopic (exact) mass is 250 g/mol. The average Bonchev–Trinajstić information content (AvgIpc) is 2.88. The second-order valence-electron chi connectivity index (χ2n) is 4.25. The first-order valence-electron chi connectivity index (χ1n) is 6.04. The van der Waals surface area contributed by atoms with Gasteiger partial charge in [0.05, 0.1) is 18.9 Å². The van der Waals surface area contributed by atoms with Crippen molar-refractivity contribution in [3.8, 4) is 5.75 Å². The Bertz CT molecular complexity index is 422. The molecule has 0 aromatic heterocycles. The molecule has 1 saturated heterocycles. The maximum atomic E-state index is 12.0. The Morgan fingerprint density at radius 1 is 1.50 bits per heavy atom. The van der Waals surface area contributed by atoms with Crippen LogP contribution in [0.25, 0.3) is 0 Å². The Hall–Kier alpha value is -1.59. The van der Waals surface area contributed by atoms with Gasteiger partial charge in [-0.15, -0.1) is 0 Å². The van der Waals surface area contributed by atoms with Crippen molar-refractivity contribution < 1.29 is 14.3 Å². The van der Waals surface area contributed by atoms with Gasteiger partial charge >= 0.3 is 0 Å². The van der Waals surface area contributed by atoms with Crippen LogP contribution >= 0.6 is 0 Å². The normalized spacial score (nSPS) is 22.8. The number of hydrogen-bond donors (Lipinski definition) is 2. The van der Waals surface area contributed by atoms with Crippen molar-refractivity contribution in [2.24, 2.45) is 5.73 Å². The van der Waals surface area contributed by atoms with E-state index in [-0.39, 0.29) is 12.0 Å². The van der Waals surface area contributed by atoms with E-state index in [4.69, 9.17) is 15.2 Å². The molecule has 1 aromatic carbocycles. The van der Waals surface area contributed by atoms with Gasteiger partial charge in [0.25, 0.3) is 5.91 Å². The summed E-state index contributed by atoms with van der Waals surface area (Å²) in [6.07, 6.45) is 1.13. The molecule has 1 amide bonds. The highest BCUT2D eigenvalue weighted by Crippen LogP contribution is 2.25. The Labute approximate surface area is 106 Å². The molecule has 5 nitrogen and oxygen atoms in total. The molecule has 0 spiro atoms. The number of anilines is 1. The maximum absolute atomic E-state index is 12.0. The van der Waals surface area contributed by atoms with E-state index < -0.39 is 6.10 Å². The van der Waals surface area contributed by atoms with Crippen molar-refractivity contribution in [2.45, 2.75) is 25.0 Å². The summed E-state index contributed by atoms with van der Waals surface area (Å²) in [4.78, 5) is 12.0. The van der Waals surface area contributed by atoms with Crippen molar-refractivity contribution in [1.82, 2.24) is 0 Å². The topological polar surface area (TPSA) is 73.6 Å². The highest BCUT2D eigenvalue weighted by Gasteiger charge is 2.30. The number of rotatable bonds is 4. The van der Waals surface area contributed by atoms with E-state index in [1.165, 1.54) is 0 Å². The van der Waals surface area contributed by atoms with E-state index in [1.807, 2.05) is 12.1 Å². The van der Waals surface area contributed by atoms with E-state index >= 15 is 0 Å². The number of nitrogens with one attached hydrogen (secondary N) is 1. The van der Waals surface area contributed by atoms with Gasteiger partial charge in [-0.1, -0.05) is 12.1 Å². The molecule has 0 radical (unpaired) electrons. The second kappa shape index (κ2) is 5.84. The Balaban J connectivity index is 1.99. The summed E-state index contributed by atoms with van der Waals surface area (Å²) in [5.41, 5.74) is 6.17. The molecule has 1 heterocycles. The zero-order valence-electron chi connectivity index (χ0n) is 10.4. The summed E-state index contributed by atoms with van der Waals surface area (Å²) in [6, 6.07) is 7.29. The Morgan fingerprint density at radius 2 is 2.28 bits per heavy atom. The summed E-state index contributed by atoms with van der Waals surface area (Å²) in [5.74, 6) is 0.495. The predicted molar refractivity (Wildman–Crippen MR) is 68.6 cm³/mol. The number of hydrogen-bond acceptors (Lipinski definition) is 4. The lowest BCUT2D eigenvalue weighted by molar-refractivity contribution is -0.126. The van der Waals surface area contributed by atoms with Crippen LogP contribution in [-0.2, 0) is 9.53 Å². The molecule has 3 N–H and O–H groups in total. The summed E-state index contributed by atoms with van der Waals surface area (Å²) in [5, 5.41) is 2.82. The van der Waals surface area contributed by atoms with Gasteiger partial charge in [0.1, 0.15) is 11.9 Å². The van der Waals surface area contributed by atoms with E-state index in [0.717, 1.165) is 6.42 Å². The summed E-state index contributed by atoms with van der Waals surface area (Å²) >= 11 is 0. The van der Waals surface area contributed by atoms with E-state index in [9.17, 15) is 4.79 Å². The van der Waals surface area contributed by atoms with Gasteiger partial charge in [0.2, 0.25) is 0 Å². The Kier molecular flexibility index (Phi) is 4.17. The molecule has 1 aliphatic rings. The molecule has 1 aromatic rings. The zero-order chi connectivity index (χ0) is 13.0. The molecule has 1 aliphatic heterocycles. The van der Waals surface area contributed by atoms with Crippen LogP contribution in [0.3, 0.4) is 0 Å². The fourth-order valence-electron chi connectivity index (χ4n) is 2.03. The van der Waals surface area contributed by atoms with Crippen LogP contribution in [0.5, 0.6) is 5.75 Å². The first-order chi connectivity index (χ1) is 8.74. The molecule has 5 heteroatoms. The summed E-state index contributed by atoms with van der Waals surface area (Å²) < 4.78 is 10.7. The molecule has 0 saturated carbocycles. The number of carbonyl (C=O) groups is 1. The smallest absolute Gasteiger partial charge is 0.253 e. The van der Waals surface area contributed by atoms with Crippen LogP contribution in [0, 0.1) is 0 Å². The van der Waals surface area contributed by atoms with Crippen LogP contribution in [0.4, 0.5) is 5.69 Å². The summed E-state index contributed by atoms with van der Waals surface area (Å²) in [6.45, 7) is 0.457. The van der Waals surface area contributed by atoms with Gasteiger partial charge in [-0.3, -0.25) is 4.79 Å². The van der Waals surface area contributed by atoms with Gasteiger partial charge in [-0.05, 0) is 25.0 Å². The van der Waals surface area contributed by atoms with Crippen LogP contribution in [0.15, 0.2) is 24.3 Å². The first kappa shape index (κ1) is 12.9. The third-order valence-corrected chi connectivity index (χ3v) is 3.03. The van der Waals surface area contributed by atoms with Gasteiger partial charge in [0, 0.05) is 6.54 Å². The van der Waals surface area contributed by atoms with Crippen LogP contribution in [-0.4, -0.2) is 31.8 Å². The van der Waals surface area contributed by atoms with Crippen LogP contribution < -0.4 is 15.8 Å². The van der Waals surface area contributed by atoms with Gasteiger partial charge in [-0.25, -0.2) is 0 Å². The number of methoxy groups -OCH3 is 1. The van der Waals surface area contributed by atoms with E-state index in [0.29, 0.717) is 24.4 Å². The predicted octanol–water partition coefficient (Wildman–Crippen LogP) is 1.14. The molecule has 2 atom stereocenters. The molecule has 18 heavy (non-hydrogen) atoms. The maximum Gasteiger partial charge on any atom is 0.253 e. The SMILES string of the molecule is COc1ccccc1NC(=O)[C@@H]1CC[C@H](CN)O1. The number of ether oxygens (including phenoxy) is 2. The number of nitrogens with two attached hydrogens (primary N) is 1. The third-order valence-electron chi connectivity index (χ3n) is 3.03. The van der Waals surface area contributed by atoms with E-state index in [1.54, 1.807) is 19.2 Å². The quantitative estimate of drug-likeness (QED) is 0.840. The third kappa shape index (κ3) is 2.80. The van der Waals surface area contributed by atoms with Crippen molar-refractivity contribution in [2.75, 3.05) is 19.0 Å². The fraction of sp³-hybridized carbons (Fsp3) is 0.462. The minimum atomic E-state index is -0.413. The van der Waals surface area contributed by atoms with Gasteiger partial charge in [0.15, 0.2) is 0 Å². The number of carbonyl (C=O) groups excluding carboxylic acids is 1. The highest BCUT2D eigenvalue weighted by molar-refractivity contribution is 5.95. The largest absolute Gasteiger partial charge is 0.495 e. The van der Waals surface area contributed by atoms with Gasteiger partial charge in [-0.2, -0.15) is 0 Å². The number of para-hydroxylation sites is 2. The lowest BCUT2D eigenvalue weighted by Crippen LogP contribution is -2.29. The minimum absolute atomic E-state index is 0.00146. The van der Waals surface area contributed by atoms with Crippen molar-refractivity contribution in [1.29, 1.82) is 0 Å². The molecule has 1 fully saturated rings. The molecule has 98 valence electrons. The molecule has 0 unspecified atom stereocenters. The minimum Gasteiger partial charge on any atom is -0.495 e. The molecule has 2 rings (SSSR count). The lowest BCUT2D eigenvalue weighted by Gasteiger charge is -2.14. The standard InChI is InChI=1S/C13H18N2O3/c1-17-11-5-3-2-4-10(11)15-13(16)12-7-6-9(8-14)18-12/h2-5,9,12H,6-8,14H2,1H3,(H,15,16)/t9-,12+/m1/s1. The first-order valence-corrected chi connectivity index (χ1v) is 6.04. The van der Waals surface area contributed by atoms with Crippen LogP contribution in [0.2, 0.25) is 0 Å². The van der Waals surface area contributed by atoms with Crippen molar-refractivity contribution in [3.05, 3.63) is 24.3 Å². The lowest BCUT2D eigenvalue weighted by atomic mass is 10.2.